The fraction of sp³-hybridized carbons (Fsp3) is 0.211. The number of rotatable bonds is 5. The smallest absolute Gasteiger partial charge is 0.224 e. The highest BCUT2D eigenvalue weighted by Crippen LogP contribution is 2.16. The standard InChI is InChI=1S/C19H20N2O2/c1-20(14-15-6-8-17(22)9-7-15)19(23)11-13-21-12-10-16-4-2-3-5-18(16)21/h2-10,12,22H,11,13-14H2,1H3. The molecule has 1 N–H and O–H groups in total. The minimum absolute atomic E-state index is 0.107. The van der Waals surface area contributed by atoms with Gasteiger partial charge in [-0.1, -0.05) is 30.3 Å². The second-order valence-electron chi connectivity index (χ2n) is 5.73. The Morgan fingerprint density at radius 3 is 2.61 bits per heavy atom. The van der Waals surface area contributed by atoms with Crippen LogP contribution in [-0.4, -0.2) is 27.5 Å². The molecule has 0 aliphatic rings. The molecule has 0 aliphatic carbocycles. The molecule has 1 aromatic heterocycles. The summed E-state index contributed by atoms with van der Waals surface area (Å²) in [5, 5.41) is 10.5. The maximum atomic E-state index is 12.3. The van der Waals surface area contributed by atoms with Crippen LogP contribution in [-0.2, 0) is 17.9 Å². The molecule has 4 heteroatoms. The molecule has 1 heterocycles. The van der Waals surface area contributed by atoms with Gasteiger partial charge in [0.1, 0.15) is 5.75 Å². The Morgan fingerprint density at radius 1 is 1.09 bits per heavy atom. The van der Waals surface area contributed by atoms with Crippen molar-refractivity contribution in [3.05, 3.63) is 66.4 Å². The lowest BCUT2D eigenvalue weighted by Crippen LogP contribution is -2.26. The molecular formula is C19H20N2O2. The molecule has 0 saturated carbocycles. The van der Waals surface area contributed by atoms with Gasteiger partial charge in [0.15, 0.2) is 0 Å². The van der Waals surface area contributed by atoms with Crippen LogP contribution in [0.2, 0.25) is 0 Å². The molecule has 3 aromatic rings. The number of aryl methyl sites for hydroxylation is 1. The quantitative estimate of drug-likeness (QED) is 0.785. The fourth-order valence-electron chi connectivity index (χ4n) is 2.71. The van der Waals surface area contributed by atoms with Gasteiger partial charge in [0.25, 0.3) is 0 Å². The van der Waals surface area contributed by atoms with Crippen molar-refractivity contribution in [3.8, 4) is 5.75 Å². The molecule has 0 atom stereocenters. The summed E-state index contributed by atoms with van der Waals surface area (Å²) in [6.45, 7) is 1.22. The SMILES string of the molecule is CN(Cc1ccc(O)cc1)C(=O)CCn1ccc2ccccc21. The Hall–Kier alpha value is -2.75. The topological polar surface area (TPSA) is 45.5 Å². The number of para-hydroxylation sites is 1. The van der Waals surface area contributed by atoms with Crippen molar-refractivity contribution in [2.75, 3.05) is 7.05 Å². The molecule has 0 aliphatic heterocycles. The van der Waals surface area contributed by atoms with E-state index in [1.54, 1.807) is 17.0 Å². The van der Waals surface area contributed by atoms with Gasteiger partial charge < -0.3 is 14.6 Å². The van der Waals surface area contributed by atoms with E-state index in [-0.39, 0.29) is 11.7 Å². The normalized spacial score (nSPS) is 10.8. The van der Waals surface area contributed by atoms with Crippen LogP contribution in [0.1, 0.15) is 12.0 Å². The van der Waals surface area contributed by atoms with Crippen molar-refractivity contribution in [2.24, 2.45) is 0 Å². The van der Waals surface area contributed by atoms with Crippen molar-refractivity contribution in [2.45, 2.75) is 19.5 Å². The molecule has 23 heavy (non-hydrogen) atoms. The number of hydrogen-bond acceptors (Lipinski definition) is 2. The predicted octanol–water partition coefficient (Wildman–Crippen LogP) is 3.40. The van der Waals surface area contributed by atoms with Gasteiger partial charge in [0.05, 0.1) is 0 Å². The highest BCUT2D eigenvalue weighted by molar-refractivity contribution is 5.80. The molecule has 118 valence electrons. The number of phenols is 1. The van der Waals surface area contributed by atoms with E-state index in [9.17, 15) is 9.90 Å². The number of fused-ring (bicyclic) bond motifs is 1. The lowest BCUT2D eigenvalue weighted by atomic mass is 10.2. The lowest BCUT2D eigenvalue weighted by Gasteiger charge is -2.17. The molecule has 0 unspecified atom stereocenters. The van der Waals surface area contributed by atoms with Crippen LogP contribution in [0.4, 0.5) is 0 Å². The van der Waals surface area contributed by atoms with Gasteiger partial charge in [0.2, 0.25) is 5.91 Å². The van der Waals surface area contributed by atoms with E-state index < -0.39 is 0 Å². The van der Waals surface area contributed by atoms with Crippen LogP contribution in [0.5, 0.6) is 5.75 Å². The summed E-state index contributed by atoms with van der Waals surface area (Å²) in [6.07, 6.45) is 2.49. The number of nitrogens with zero attached hydrogens (tertiary/aromatic N) is 2. The number of amides is 1. The third kappa shape index (κ3) is 3.54. The Balaban J connectivity index is 1.59. The molecule has 1 amide bonds. The average molecular weight is 308 g/mol. The zero-order chi connectivity index (χ0) is 16.2. The molecule has 4 nitrogen and oxygen atoms in total. The van der Waals surface area contributed by atoms with Gasteiger partial charge >= 0.3 is 0 Å². The minimum atomic E-state index is 0.107. The van der Waals surface area contributed by atoms with E-state index in [4.69, 9.17) is 0 Å². The predicted molar refractivity (Wildman–Crippen MR) is 91.1 cm³/mol. The minimum Gasteiger partial charge on any atom is -0.508 e. The number of benzene rings is 2. The van der Waals surface area contributed by atoms with Gasteiger partial charge in [-0.2, -0.15) is 0 Å². The van der Waals surface area contributed by atoms with E-state index in [1.807, 2.05) is 37.5 Å². The van der Waals surface area contributed by atoms with E-state index in [0.29, 0.717) is 19.5 Å². The van der Waals surface area contributed by atoms with E-state index in [1.165, 1.54) is 5.39 Å². The van der Waals surface area contributed by atoms with E-state index >= 15 is 0 Å². The summed E-state index contributed by atoms with van der Waals surface area (Å²) in [6, 6.07) is 17.2. The summed E-state index contributed by atoms with van der Waals surface area (Å²) in [7, 11) is 1.81. The molecule has 0 saturated heterocycles. The summed E-state index contributed by atoms with van der Waals surface area (Å²) in [4.78, 5) is 14.0. The maximum absolute atomic E-state index is 12.3. The molecular weight excluding hydrogens is 288 g/mol. The molecule has 0 radical (unpaired) electrons. The van der Waals surface area contributed by atoms with Crippen LogP contribution in [0, 0.1) is 0 Å². The second kappa shape index (κ2) is 6.57. The summed E-state index contributed by atoms with van der Waals surface area (Å²) in [5.74, 6) is 0.345. The van der Waals surface area contributed by atoms with Crippen molar-refractivity contribution in [1.82, 2.24) is 9.47 Å². The zero-order valence-electron chi connectivity index (χ0n) is 13.1. The average Bonchev–Trinajstić information content (AvgIpc) is 2.98. The van der Waals surface area contributed by atoms with Crippen molar-refractivity contribution in [3.63, 3.8) is 0 Å². The molecule has 2 aromatic carbocycles. The zero-order valence-corrected chi connectivity index (χ0v) is 13.1. The van der Waals surface area contributed by atoms with Crippen LogP contribution < -0.4 is 0 Å². The first-order valence-corrected chi connectivity index (χ1v) is 7.69. The van der Waals surface area contributed by atoms with Crippen LogP contribution in [0.25, 0.3) is 10.9 Å². The van der Waals surface area contributed by atoms with Gasteiger partial charge in [-0.25, -0.2) is 0 Å². The number of carbonyl (C=O) groups is 1. The molecule has 0 spiro atoms. The van der Waals surface area contributed by atoms with Gasteiger partial charge in [-0.05, 0) is 35.2 Å². The largest absolute Gasteiger partial charge is 0.508 e. The van der Waals surface area contributed by atoms with Crippen molar-refractivity contribution < 1.29 is 9.90 Å². The van der Waals surface area contributed by atoms with E-state index in [0.717, 1.165) is 11.1 Å². The summed E-state index contributed by atoms with van der Waals surface area (Å²) in [5.41, 5.74) is 2.16. The van der Waals surface area contributed by atoms with Crippen molar-refractivity contribution >= 4 is 16.8 Å². The van der Waals surface area contributed by atoms with E-state index in [2.05, 4.69) is 22.8 Å². The maximum Gasteiger partial charge on any atom is 0.224 e. The number of hydrogen-bond donors (Lipinski definition) is 1. The first-order valence-electron chi connectivity index (χ1n) is 7.69. The molecule has 0 bridgehead atoms. The first kappa shape index (κ1) is 15.2. The Kier molecular flexibility index (Phi) is 4.33. The van der Waals surface area contributed by atoms with Gasteiger partial charge in [-0.3, -0.25) is 4.79 Å². The highest BCUT2D eigenvalue weighted by Gasteiger charge is 2.10. The first-order chi connectivity index (χ1) is 11.1. The van der Waals surface area contributed by atoms with Crippen molar-refractivity contribution in [1.29, 1.82) is 0 Å². The van der Waals surface area contributed by atoms with Gasteiger partial charge in [0, 0.05) is 38.3 Å². The number of aromatic hydroxyl groups is 1. The van der Waals surface area contributed by atoms with Crippen LogP contribution in [0.3, 0.4) is 0 Å². The number of phenolic OH excluding ortho intramolecular Hbond substituents is 1. The number of aromatic nitrogens is 1. The van der Waals surface area contributed by atoms with Gasteiger partial charge in [-0.15, -0.1) is 0 Å². The Labute approximate surface area is 135 Å². The second-order valence-corrected chi connectivity index (χ2v) is 5.73. The Morgan fingerprint density at radius 2 is 1.83 bits per heavy atom. The molecule has 0 fully saturated rings. The fourth-order valence-corrected chi connectivity index (χ4v) is 2.71. The monoisotopic (exact) mass is 308 g/mol. The Bertz CT molecular complexity index is 806. The third-order valence-electron chi connectivity index (χ3n) is 4.03. The number of carbonyl (C=O) groups excluding carboxylic acids is 1. The summed E-state index contributed by atoms with van der Waals surface area (Å²) >= 11 is 0. The van der Waals surface area contributed by atoms with Crippen LogP contribution >= 0.6 is 0 Å². The molecule has 3 rings (SSSR count). The third-order valence-corrected chi connectivity index (χ3v) is 4.03. The highest BCUT2D eigenvalue weighted by atomic mass is 16.3. The summed E-state index contributed by atoms with van der Waals surface area (Å²) < 4.78 is 2.11. The van der Waals surface area contributed by atoms with Crippen LogP contribution in [0.15, 0.2) is 60.8 Å². The lowest BCUT2D eigenvalue weighted by molar-refractivity contribution is -0.130.